The Kier molecular flexibility index (Phi) is 4.24. The van der Waals surface area contributed by atoms with Crippen LogP contribution in [0.15, 0.2) is 6.07 Å². The van der Waals surface area contributed by atoms with Gasteiger partial charge in [0.25, 0.3) is 0 Å². The van der Waals surface area contributed by atoms with Gasteiger partial charge in [0.2, 0.25) is 0 Å². The molecule has 0 radical (unpaired) electrons. The summed E-state index contributed by atoms with van der Waals surface area (Å²) in [7, 11) is 3.28. The number of methoxy groups -OCH3 is 1. The molecule has 5 nitrogen and oxygen atoms in total. The van der Waals surface area contributed by atoms with Gasteiger partial charge < -0.3 is 9.64 Å². The first-order chi connectivity index (χ1) is 9.01. The summed E-state index contributed by atoms with van der Waals surface area (Å²) in [6, 6.07) is 1.72. The molecule has 1 saturated carbocycles. The smallest absolute Gasteiger partial charge is 0.310 e. The molecule has 1 atom stereocenters. The van der Waals surface area contributed by atoms with E-state index in [-0.39, 0.29) is 11.9 Å². The zero-order valence-corrected chi connectivity index (χ0v) is 12.1. The Hall–Kier alpha value is -1.36. The van der Waals surface area contributed by atoms with E-state index in [1.54, 1.807) is 6.07 Å². The minimum absolute atomic E-state index is 0.215. The normalized spacial score (nSPS) is 16.0. The van der Waals surface area contributed by atoms with Crippen LogP contribution in [0.4, 0.5) is 5.82 Å². The second kappa shape index (κ2) is 5.74. The first-order valence-corrected chi connectivity index (χ1v) is 6.72. The minimum Gasteiger partial charge on any atom is -0.469 e. The van der Waals surface area contributed by atoms with E-state index in [1.807, 2.05) is 18.9 Å². The first kappa shape index (κ1) is 14.1. The van der Waals surface area contributed by atoms with E-state index >= 15 is 0 Å². The molecular weight excluding hydrogens is 266 g/mol. The molecule has 19 heavy (non-hydrogen) atoms. The van der Waals surface area contributed by atoms with Gasteiger partial charge in [0.1, 0.15) is 16.8 Å². The van der Waals surface area contributed by atoms with Crippen LogP contribution in [0.2, 0.25) is 5.15 Å². The van der Waals surface area contributed by atoms with Crippen molar-refractivity contribution in [3.63, 3.8) is 0 Å². The third-order valence-electron chi connectivity index (χ3n) is 3.18. The summed E-state index contributed by atoms with van der Waals surface area (Å²) in [5.41, 5.74) is 0. The fraction of sp³-hybridized carbons (Fsp3) is 0.615. The molecule has 2 rings (SSSR count). The van der Waals surface area contributed by atoms with Gasteiger partial charge in [-0.05, 0) is 12.8 Å². The van der Waals surface area contributed by atoms with E-state index in [1.165, 1.54) is 7.11 Å². The lowest BCUT2D eigenvalue weighted by atomic mass is 10.2. The van der Waals surface area contributed by atoms with Crippen LogP contribution < -0.4 is 4.90 Å². The monoisotopic (exact) mass is 283 g/mol. The van der Waals surface area contributed by atoms with Crippen LogP contribution in [-0.2, 0) is 9.53 Å². The Labute approximate surface area is 117 Å². The number of hydrogen-bond donors (Lipinski definition) is 0. The van der Waals surface area contributed by atoms with Gasteiger partial charge in [0.15, 0.2) is 0 Å². The lowest BCUT2D eigenvalue weighted by Crippen LogP contribution is -2.30. The predicted octanol–water partition coefficient (Wildman–Crippen LogP) is 2.25. The highest BCUT2D eigenvalue weighted by Crippen LogP contribution is 2.39. The molecule has 0 amide bonds. The van der Waals surface area contributed by atoms with Crippen molar-refractivity contribution in [2.24, 2.45) is 5.92 Å². The number of halogens is 1. The Morgan fingerprint density at radius 1 is 1.58 bits per heavy atom. The average Bonchev–Trinajstić information content (AvgIpc) is 3.21. The summed E-state index contributed by atoms with van der Waals surface area (Å²) in [4.78, 5) is 22.1. The average molecular weight is 284 g/mol. The molecule has 0 bridgehead atoms. The second-order valence-corrected chi connectivity index (χ2v) is 5.37. The number of carbonyl (C=O) groups excluding carboxylic acids is 1. The Morgan fingerprint density at radius 3 is 2.84 bits per heavy atom. The fourth-order valence-corrected chi connectivity index (χ4v) is 2.11. The maximum absolute atomic E-state index is 11.4. The van der Waals surface area contributed by atoms with Crippen LogP contribution >= 0.6 is 11.6 Å². The number of esters is 1. The van der Waals surface area contributed by atoms with Crippen molar-refractivity contribution < 1.29 is 9.53 Å². The number of hydrogen-bond acceptors (Lipinski definition) is 5. The molecule has 0 saturated heterocycles. The highest BCUT2D eigenvalue weighted by atomic mass is 35.5. The molecule has 1 fully saturated rings. The van der Waals surface area contributed by atoms with Gasteiger partial charge in [-0.25, -0.2) is 9.97 Å². The van der Waals surface area contributed by atoms with Crippen LogP contribution in [0.3, 0.4) is 0 Å². The topological polar surface area (TPSA) is 55.3 Å². The van der Waals surface area contributed by atoms with E-state index in [0.29, 0.717) is 17.6 Å². The maximum atomic E-state index is 11.4. The quantitative estimate of drug-likeness (QED) is 0.613. The second-order valence-electron chi connectivity index (χ2n) is 4.99. The van der Waals surface area contributed by atoms with Crippen LogP contribution in [0, 0.1) is 5.92 Å². The van der Waals surface area contributed by atoms with Crippen molar-refractivity contribution in [3.05, 3.63) is 17.0 Å². The third-order valence-corrected chi connectivity index (χ3v) is 3.38. The maximum Gasteiger partial charge on any atom is 0.310 e. The largest absolute Gasteiger partial charge is 0.469 e. The summed E-state index contributed by atoms with van der Waals surface area (Å²) in [6.45, 7) is 2.36. The highest BCUT2D eigenvalue weighted by molar-refractivity contribution is 6.29. The summed E-state index contributed by atoms with van der Waals surface area (Å²) in [5, 5.41) is 0.449. The van der Waals surface area contributed by atoms with Crippen molar-refractivity contribution in [1.29, 1.82) is 0 Å². The van der Waals surface area contributed by atoms with Gasteiger partial charge in [-0.2, -0.15) is 0 Å². The molecule has 104 valence electrons. The van der Waals surface area contributed by atoms with Crippen LogP contribution in [0.1, 0.15) is 31.5 Å². The van der Waals surface area contributed by atoms with Gasteiger partial charge in [0, 0.05) is 25.6 Å². The number of nitrogens with zero attached hydrogens (tertiary/aromatic N) is 3. The number of anilines is 1. The van der Waals surface area contributed by atoms with E-state index in [4.69, 9.17) is 16.3 Å². The van der Waals surface area contributed by atoms with Gasteiger partial charge in [-0.1, -0.05) is 18.5 Å². The third kappa shape index (κ3) is 3.56. The van der Waals surface area contributed by atoms with Gasteiger partial charge in [-0.15, -0.1) is 0 Å². The van der Waals surface area contributed by atoms with Crippen molar-refractivity contribution >= 4 is 23.4 Å². The van der Waals surface area contributed by atoms with E-state index in [0.717, 1.165) is 24.5 Å². The summed E-state index contributed by atoms with van der Waals surface area (Å²) < 4.78 is 4.72. The molecule has 6 heteroatoms. The van der Waals surface area contributed by atoms with E-state index in [9.17, 15) is 4.79 Å². The molecule has 0 aromatic carbocycles. The molecule has 1 heterocycles. The van der Waals surface area contributed by atoms with Crippen molar-refractivity contribution in [2.45, 2.75) is 25.7 Å². The minimum atomic E-state index is -0.227. The Morgan fingerprint density at radius 2 is 2.26 bits per heavy atom. The Balaban J connectivity index is 2.09. The molecular formula is C13H18ClN3O2. The lowest BCUT2D eigenvalue weighted by molar-refractivity contribution is -0.144. The number of rotatable bonds is 5. The molecule has 1 aromatic heterocycles. The van der Waals surface area contributed by atoms with Gasteiger partial charge >= 0.3 is 5.97 Å². The van der Waals surface area contributed by atoms with Crippen LogP contribution in [0.5, 0.6) is 0 Å². The molecule has 1 aliphatic carbocycles. The van der Waals surface area contributed by atoms with Crippen LogP contribution in [0.25, 0.3) is 0 Å². The summed E-state index contributed by atoms with van der Waals surface area (Å²) in [6.07, 6.45) is 2.25. The lowest BCUT2D eigenvalue weighted by Gasteiger charge is -2.21. The zero-order chi connectivity index (χ0) is 14.0. The van der Waals surface area contributed by atoms with Crippen molar-refractivity contribution in [1.82, 2.24) is 9.97 Å². The SMILES string of the molecule is COC(=O)C(C)CN(C)c1cc(Cl)nc(C2CC2)n1. The predicted molar refractivity (Wildman–Crippen MR) is 73.5 cm³/mol. The standard InChI is InChI=1S/C13H18ClN3O2/c1-8(13(18)19-3)7-17(2)11-6-10(14)15-12(16-11)9-4-5-9/h6,8-9H,4-5,7H2,1-3H3. The summed E-state index contributed by atoms with van der Waals surface area (Å²) >= 11 is 6.02. The highest BCUT2D eigenvalue weighted by Gasteiger charge is 2.28. The van der Waals surface area contributed by atoms with Crippen molar-refractivity contribution in [3.8, 4) is 0 Å². The van der Waals surface area contributed by atoms with Crippen molar-refractivity contribution in [2.75, 3.05) is 25.6 Å². The number of carbonyl (C=O) groups is 1. The van der Waals surface area contributed by atoms with E-state index < -0.39 is 0 Å². The fourth-order valence-electron chi connectivity index (χ4n) is 1.92. The molecule has 0 spiro atoms. The zero-order valence-electron chi connectivity index (χ0n) is 11.4. The molecule has 1 aromatic rings. The van der Waals surface area contributed by atoms with Gasteiger partial charge in [0.05, 0.1) is 13.0 Å². The molecule has 1 aliphatic rings. The molecule has 0 aliphatic heterocycles. The van der Waals surface area contributed by atoms with Gasteiger partial charge in [-0.3, -0.25) is 4.79 Å². The molecule has 1 unspecified atom stereocenters. The first-order valence-electron chi connectivity index (χ1n) is 6.34. The van der Waals surface area contributed by atoms with E-state index in [2.05, 4.69) is 9.97 Å². The van der Waals surface area contributed by atoms with Crippen LogP contribution in [-0.4, -0.2) is 36.6 Å². The summed E-state index contributed by atoms with van der Waals surface area (Å²) in [5.74, 6) is 1.56. The number of aromatic nitrogens is 2. The molecule has 0 N–H and O–H groups in total. The number of ether oxygens (including phenoxy) is 1. The Bertz CT molecular complexity index is 477.